The zero-order valence-corrected chi connectivity index (χ0v) is 9.50. The second-order valence-electron chi connectivity index (χ2n) is 4.36. The molecule has 1 aromatic rings. The van der Waals surface area contributed by atoms with E-state index in [4.69, 9.17) is 5.73 Å². The molecular weight excluding hydrogens is 184 g/mol. The second kappa shape index (κ2) is 4.67. The van der Waals surface area contributed by atoms with E-state index in [2.05, 4.69) is 24.0 Å². The topological polar surface area (TPSA) is 29.3 Å². The van der Waals surface area contributed by atoms with Gasteiger partial charge in [-0.3, -0.25) is 4.90 Å². The van der Waals surface area contributed by atoms with E-state index in [9.17, 15) is 0 Å². The Kier molecular flexibility index (Phi) is 3.27. The highest BCUT2D eigenvalue weighted by Crippen LogP contribution is 2.24. The Balaban J connectivity index is 2.08. The van der Waals surface area contributed by atoms with E-state index in [1.165, 1.54) is 37.1 Å². The van der Waals surface area contributed by atoms with Crippen LogP contribution in [-0.2, 0) is 13.0 Å². The molecule has 1 aliphatic heterocycles. The summed E-state index contributed by atoms with van der Waals surface area (Å²) >= 11 is 0. The number of rotatable bonds is 3. The Hall–Kier alpha value is -1.02. The molecule has 2 N–H and O–H groups in total. The molecule has 0 fully saturated rings. The van der Waals surface area contributed by atoms with E-state index >= 15 is 0 Å². The molecule has 0 saturated carbocycles. The summed E-state index contributed by atoms with van der Waals surface area (Å²) in [6.45, 7) is 5.69. The van der Waals surface area contributed by atoms with Gasteiger partial charge in [-0.25, -0.2) is 0 Å². The maximum absolute atomic E-state index is 6.01. The van der Waals surface area contributed by atoms with Gasteiger partial charge >= 0.3 is 0 Å². The third-order valence-corrected chi connectivity index (χ3v) is 3.22. The third kappa shape index (κ3) is 2.32. The molecule has 1 aliphatic rings. The minimum atomic E-state index is 0.966. The van der Waals surface area contributed by atoms with Crippen LogP contribution in [-0.4, -0.2) is 18.0 Å². The van der Waals surface area contributed by atoms with Crippen molar-refractivity contribution in [3.8, 4) is 0 Å². The minimum Gasteiger partial charge on any atom is -0.398 e. The van der Waals surface area contributed by atoms with Crippen LogP contribution >= 0.6 is 0 Å². The fourth-order valence-electron chi connectivity index (χ4n) is 2.24. The van der Waals surface area contributed by atoms with Gasteiger partial charge in [0.15, 0.2) is 0 Å². The van der Waals surface area contributed by atoms with Crippen molar-refractivity contribution in [1.29, 1.82) is 0 Å². The maximum atomic E-state index is 6.01. The van der Waals surface area contributed by atoms with Crippen LogP contribution in [0.4, 0.5) is 5.69 Å². The van der Waals surface area contributed by atoms with E-state index in [-0.39, 0.29) is 0 Å². The molecule has 0 atom stereocenters. The largest absolute Gasteiger partial charge is 0.398 e. The van der Waals surface area contributed by atoms with Crippen LogP contribution in [0.2, 0.25) is 0 Å². The third-order valence-electron chi connectivity index (χ3n) is 3.22. The van der Waals surface area contributed by atoms with Crippen molar-refractivity contribution >= 4 is 5.69 Å². The molecule has 2 nitrogen and oxygen atoms in total. The number of hydrogen-bond donors (Lipinski definition) is 1. The smallest absolute Gasteiger partial charge is 0.0362 e. The molecule has 0 spiro atoms. The molecule has 82 valence electrons. The molecule has 1 heterocycles. The number of anilines is 1. The number of nitrogens with zero attached hydrogens (tertiary/aromatic N) is 1. The molecule has 0 amide bonds. The highest BCUT2D eigenvalue weighted by atomic mass is 15.1. The van der Waals surface area contributed by atoms with E-state index in [1.807, 2.05) is 6.07 Å². The number of fused-ring (bicyclic) bond motifs is 1. The first-order chi connectivity index (χ1) is 7.31. The zero-order chi connectivity index (χ0) is 10.7. The van der Waals surface area contributed by atoms with Crippen molar-refractivity contribution in [2.75, 3.05) is 18.8 Å². The molecular formula is C13H20N2. The second-order valence-corrected chi connectivity index (χ2v) is 4.36. The van der Waals surface area contributed by atoms with Gasteiger partial charge in [-0.2, -0.15) is 0 Å². The minimum absolute atomic E-state index is 0.966. The SMILES string of the molecule is CCCCN1CCc2cccc(N)c2C1. The zero-order valence-electron chi connectivity index (χ0n) is 9.50. The first-order valence-electron chi connectivity index (χ1n) is 5.90. The van der Waals surface area contributed by atoms with E-state index in [0.717, 1.165) is 18.7 Å². The molecule has 0 saturated heterocycles. The first-order valence-corrected chi connectivity index (χ1v) is 5.90. The number of nitrogen functional groups attached to an aromatic ring is 1. The average Bonchev–Trinajstić information content (AvgIpc) is 2.27. The van der Waals surface area contributed by atoms with E-state index in [1.54, 1.807) is 0 Å². The Labute approximate surface area is 92.1 Å². The summed E-state index contributed by atoms with van der Waals surface area (Å²) in [4.78, 5) is 2.52. The molecule has 0 aliphatic carbocycles. The van der Waals surface area contributed by atoms with Gasteiger partial charge in [0, 0.05) is 18.8 Å². The average molecular weight is 204 g/mol. The first kappa shape index (κ1) is 10.5. The van der Waals surface area contributed by atoms with Crippen LogP contribution in [0.25, 0.3) is 0 Å². The lowest BCUT2D eigenvalue weighted by Crippen LogP contribution is -2.31. The molecule has 0 radical (unpaired) electrons. The van der Waals surface area contributed by atoms with Gasteiger partial charge in [0.2, 0.25) is 0 Å². The summed E-state index contributed by atoms with van der Waals surface area (Å²) in [5.74, 6) is 0. The Morgan fingerprint density at radius 3 is 3.07 bits per heavy atom. The number of benzene rings is 1. The highest BCUT2D eigenvalue weighted by Gasteiger charge is 2.16. The van der Waals surface area contributed by atoms with Crippen molar-refractivity contribution < 1.29 is 0 Å². The number of unbranched alkanes of at least 4 members (excludes halogenated alkanes) is 1. The summed E-state index contributed by atoms with van der Waals surface area (Å²) in [6.07, 6.45) is 3.72. The molecule has 2 rings (SSSR count). The van der Waals surface area contributed by atoms with Crippen LogP contribution in [0.5, 0.6) is 0 Å². The maximum Gasteiger partial charge on any atom is 0.0362 e. The van der Waals surface area contributed by atoms with E-state index < -0.39 is 0 Å². The Morgan fingerprint density at radius 1 is 1.40 bits per heavy atom. The predicted molar refractivity (Wildman–Crippen MR) is 64.7 cm³/mol. The van der Waals surface area contributed by atoms with Crippen molar-refractivity contribution in [3.05, 3.63) is 29.3 Å². The van der Waals surface area contributed by atoms with Crippen LogP contribution in [0.1, 0.15) is 30.9 Å². The summed E-state index contributed by atoms with van der Waals surface area (Å²) in [7, 11) is 0. The highest BCUT2D eigenvalue weighted by molar-refractivity contribution is 5.51. The van der Waals surface area contributed by atoms with Crippen molar-refractivity contribution in [1.82, 2.24) is 4.90 Å². The molecule has 0 aromatic heterocycles. The van der Waals surface area contributed by atoms with Gasteiger partial charge < -0.3 is 5.73 Å². The fourth-order valence-corrected chi connectivity index (χ4v) is 2.24. The van der Waals surface area contributed by atoms with Gasteiger partial charge in [0.1, 0.15) is 0 Å². The number of hydrogen-bond acceptors (Lipinski definition) is 2. The van der Waals surface area contributed by atoms with Crippen molar-refractivity contribution in [2.45, 2.75) is 32.7 Å². The van der Waals surface area contributed by atoms with Crippen LogP contribution in [0.15, 0.2) is 18.2 Å². The lowest BCUT2D eigenvalue weighted by atomic mass is 9.98. The lowest BCUT2D eigenvalue weighted by molar-refractivity contribution is 0.251. The van der Waals surface area contributed by atoms with Gasteiger partial charge in [0.25, 0.3) is 0 Å². The Bertz CT molecular complexity index is 333. The number of nitrogens with two attached hydrogens (primary N) is 1. The fraction of sp³-hybridized carbons (Fsp3) is 0.538. The molecule has 2 heteroatoms. The van der Waals surface area contributed by atoms with Crippen molar-refractivity contribution in [3.63, 3.8) is 0 Å². The molecule has 0 bridgehead atoms. The summed E-state index contributed by atoms with van der Waals surface area (Å²) in [5, 5.41) is 0. The van der Waals surface area contributed by atoms with Gasteiger partial charge in [-0.1, -0.05) is 25.5 Å². The molecule has 1 aromatic carbocycles. The predicted octanol–water partition coefficient (Wildman–Crippen LogP) is 2.43. The Morgan fingerprint density at radius 2 is 2.27 bits per heavy atom. The summed E-state index contributed by atoms with van der Waals surface area (Å²) in [5.41, 5.74) is 9.78. The van der Waals surface area contributed by atoms with Gasteiger partial charge in [0.05, 0.1) is 0 Å². The van der Waals surface area contributed by atoms with Crippen LogP contribution in [0, 0.1) is 0 Å². The standard InChI is InChI=1S/C13H20N2/c1-2-3-8-15-9-7-11-5-4-6-13(14)12(11)10-15/h4-6H,2-3,7-10,14H2,1H3. The summed E-state index contributed by atoms with van der Waals surface area (Å²) < 4.78 is 0. The molecule has 0 unspecified atom stereocenters. The quantitative estimate of drug-likeness (QED) is 0.766. The monoisotopic (exact) mass is 204 g/mol. The lowest BCUT2D eigenvalue weighted by Gasteiger charge is -2.29. The normalized spacial score (nSPS) is 16.3. The van der Waals surface area contributed by atoms with Crippen molar-refractivity contribution in [2.24, 2.45) is 0 Å². The molecule has 15 heavy (non-hydrogen) atoms. The van der Waals surface area contributed by atoms with Crippen LogP contribution < -0.4 is 5.73 Å². The van der Waals surface area contributed by atoms with Crippen LogP contribution in [0.3, 0.4) is 0 Å². The van der Waals surface area contributed by atoms with Gasteiger partial charge in [-0.05, 0) is 36.6 Å². The van der Waals surface area contributed by atoms with Gasteiger partial charge in [-0.15, -0.1) is 0 Å². The van der Waals surface area contributed by atoms with E-state index in [0.29, 0.717) is 0 Å². The summed E-state index contributed by atoms with van der Waals surface area (Å²) in [6, 6.07) is 6.29.